The van der Waals surface area contributed by atoms with E-state index >= 15 is 0 Å². The Morgan fingerprint density at radius 1 is 1.45 bits per heavy atom. The Labute approximate surface area is 131 Å². The maximum Gasteiger partial charge on any atom is 0.166 e. The van der Waals surface area contributed by atoms with Gasteiger partial charge in [-0.1, -0.05) is 18.2 Å². The number of hydrogen-bond acceptors (Lipinski definition) is 4. The van der Waals surface area contributed by atoms with E-state index in [9.17, 15) is 5.11 Å². The standard InChI is InChI=1S/C18H23NO3/c1-3-21-14-5-4-12-11-19(2)9-8-18-7-6-13(20)10-15(18)22-17(14)16(12)18/h4-7,13,15,20H,3,8-11H2,1-2H3/t13-,15-,18-/m0/s1. The summed E-state index contributed by atoms with van der Waals surface area (Å²) < 4.78 is 12.1. The highest BCUT2D eigenvalue weighted by molar-refractivity contribution is 5.61. The lowest BCUT2D eigenvalue weighted by molar-refractivity contribution is 0.0818. The molecular formula is C18H23NO3. The topological polar surface area (TPSA) is 41.9 Å². The van der Waals surface area contributed by atoms with E-state index in [4.69, 9.17) is 9.47 Å². The van der Waals surface area contributed by atoms with Crippen LogP contribution < -0.4 is 9.47 Å². The average Bonchev–Trinajstić information content (AvgIpc) is 2.75. The highest BCUT2D eigenvalue weighted by Gasteiger charge is 2.52. The van der Waals surface area contributed by atoms with Crippen molar-refractivity contribution in [1.82, 2.24) is 4.90 Å². The van der Waals surface area contributed by atoms with E-state index < -0.39 is 6.10 Å². The van der Waals surface area contributed by atoms with Crippen LogP contribution in [0.25, 0.3) is 0 Å². The molecule has 4 nitrogen and oxygen atoms in total. The predicted octanol–water partition coefficient (Wildman–Crippen LogP) is 2.24. The fourth-order valence-corrected chi connectivity index (χ4v) is 4.19. The second-order valence-electron chi connectivity index (χ2n) is 6.66. The molecule has 1 spiro atoms. The first-order valence-electron chi connectivity index (χ1n) is 8.16. The first kappa shape index (κ1) is 14.1. The maximum atomic E-state index is 10.0. The Balaban J connectivity index is 1.92. The number of aliphatic hydroxyl groups is 1. The molecule has 1 aromatic carbocycles. The van der Waals surface area contributed by atoms with Gasteiger partial charge in [0.2, 0.25) is 0 Å². The highest BCUT2D eigenvalue weighted by atomic mass is 16.5. The van der Waals surface area contributed by atoms with E-state index in [2.05, 4.69) is 24.1 Å². The molecule has 4 heteroatoms. The van der Waals surface area contributed by atoms with Crippen molar-refractivity contribution in [3.8, 4) is 11.5 Å². The van der Waals surface area contributed by atoms with E-state index in [1.165, 1.54) is 11.1 Å². The van der Waals surface area contributed by atoms with Gasteiger partial charge in [-0.25, -0.2) is 0 Å². The summed E-state index contributed by atoms with van der Waals surface area (Å²) in [7, 11) is 2.16. The van der Waals surface area contributed by atoms with Gasteiger partial charge in [-0.3, -0.25) is 0 Å². The van der Waals surface area contributed by atoms with Crippen molar-refractivity contribution in [2.24, 2.45) is 0 Å². The number of hydrogen-bond donors (Lipinski definition) is 1. The number of aliphatic hydroxyl groups excluding tert-OH is 1. The van der Waals surface area contributed by atoms with Crippen LogP contribution in [0.5, 0.6) is 11.5 Å². The zero-order chi connectivity index (χ0) is 15.3. The minimum atomic E-state index is -0.412. The first-order valence-corrected chi connectivity index (χ1v) is 8.16. The molecule has 0 amide bonds. The molecule has 0 bridgehead atoms. The third-order valence-electron chi connectivity index (χ3n) is 5.23. The molecule has 2 heterocycles. The third-order valence-corrected chi connectivity index (χ3v) is 5.23. The summed E-state index contributed by atoms with van der Waals surface area (Å²) in [4.78, 5) is 2.36. The minimum Gasteiger partial charge on any atom is -0.490 e. The maximum absolute atomic E-state index is 10.0. The average molecular weight is 301 g/mol. The Morgan fingerprint density at radius 2 is 2.32 bits per heavy atom. The molecular weight excluding hydrogens is 278 g/mol. The smallest absolute Gasteiger partial charge is 0.166 e. The van der Waals surface area contributed by atoms with Crippen LogP contribution in [0, 0.1) is 0 Å². The van der Waals surface area contributed by atoms with Crippen LogP contribution in [0.3, 0.4) is 0 Å². The van der Waals surface area contributed by atoms with Gasteiger partial charge in [-0.05, 0) is 38.6 Å². The van der Waals surface area contributed by atoms with Gasteiger partial charge in [-0.2, -0.15) is 0 Å². The van der Waals surface area contributed by atoms with Crippen molar-refractivity contribution in [3.05, 3.63) is 35.4 Å². The molecule has 3 aliphatic rings. The molecule has 1 aromatic rings. The Kier molecular flexibility index (Phi) is 3.20. The highest BCUT2D eigenvalue weighted by Crippen LogP contribution is 2.55. The molecule has 3 atom stereocenters. The molecule has 1 aliphatic carbocycles. The summed E-state index contributed by atoms with van der Waals surface area (Å²) >= 11 is 0. The van der Waals surface area contributed by atoms with Gasteiger partial charge in [-0.15, -0.1) is 0 Å². The van der Waals surface area contributed by atoms with Gasteiger partial charge < -0.3 is 19.5 Å². The van der Waals surface area contributed by atoms with Gasteiger partial charge >= 0.3 is 0 Å². The van der Waals surface area contributed by atoms with E-state index in [1.807, 2.05) is 19.1 Å². The van der Waals surface area contributed by atoms with Crippen molar-refractivity contribution in [3.63, 3.8) is 0 Å². The number of nitrogens with zero attached hydrogens (tertiary/aromatic N) is 1. The van der Waals surface area contributed by atoms with Crippen LogP contribution in [0.4, 0.5) is 0 Å². The van der Waals surface area contributed by atoms with Gasteiger partial charge in [0.1, 0.15) is 6.10 Å². The van der Waals surface area contributed by atoms with Crippen LogP contribution in [0.1, 0.15) is 30.9 Å². The summed E-state index contributed by atoms with van der Waals surface area (Å²) in [5, 5.41) is 10.0. The van der Waals surface area contributed by atoms with Gasteiger partial charge in [0.05, 0.1) is 18.1 Å². The Bertz CT molecular complexity index is 627. The van der Waals surface area contributed by atoms with Gasteiger partial charge in [0.15, 0.2) is 11.5 Å². The lowest BCUT2D eigenvalue weighted by atomic mass is 9.69. The Morgan fingerprint density at radius 3 is 3.14 bits per heavy atom. The molecule has 0 unspecified atom stereocenters. The molecule has 4 rings (SSSR count). The zero-order valence-electron chi connectivity index (χ0n) is 13.2. The lowest BCUT2D eigenvalue weighted by Crippen LogP contribution is -2.42. The summed E-state index contributed by atoms with van der Waals surface area (Å²) in [6.07, 6.45) is 5.40. The van der Waals surface area contributed by atoms with Crippen molar-refractivity contribution in [1.29, 1.82) is 0 Å². The van der Waals surface area contributed by atoms with Crippen molar-refractivity contribution in [2.45, 2.75) is 43.9 Å². The first-order chi connectivity index (χ1) is 10.6. The number of rotatable bonds is 2. The predicted molar refractivity (Wildman–Crippen MR) is 84.4 cm³/mol. The molecule has 0 fully saturated rings. The zero-order valence-corrected chi connectivity index (χ0v) is 13.2. The van der Waals surface area contributed by atoms with Crippen LogP contribution in [-0.2, 0) is 12.0 Å². The van der Waals surface area contributed by atoms with Crippen molar-refractivity contribution < 1.29 is 14.6 Å². The largest absolute Gasteiger partial charge is 0.490 e. The van der Waals surface area contributed by atoms with Crippen LogP contribution in [0.15, 0.2) is 24.3 Å². The fraction of sp³-hybridized carbons (Fsp3) is 0.556. The summed E-state index contributed by atoms with van der Waals surface area (Å²) in [6.45, 7) is 4.58. The Hall–Kier alpha value is -1.52. The summed E-state index contributed by atoms with van der Waals surface area (Å²) in [5.41, 5.74) is 2.50. The van der Waals surface area contributed by atoms with E-state index in [0.717, 1.165) is 31.0 Å². The van der Waals surface area contributed by atoms with E-state index in [-0.39, 0.29) is 11.5 Å². The lowest BCUT2D eigenvalue weighted by Gasteiger charge is -2.35. The molecule has 0 saturated carbocycles. The minimum absolute atomic E-state index is 0.00866. The van der Waals surface area contributed by atoms with Gasteiger partial charge in [0, 0.05) is 18.5 Å². The van der Waals surface area contributed by atoms with Gasteiger partial charge in [0.25, 0.3) is 0 Å². The van der Waals surface area contributed by atoms with Crippen molar-refractivity contribution in [2.75, 3.05) is 20.2 Å². The molecule has 2 aliphatic heterocycles. The third kappa shape index (κ3) is 1.90. The fourth-order valence-electron chi connectivity index (χ4n) is 4.19. The van der Waals surface area contributed by atoms with Crippen LogP contribution >= 0.6 is 0 Å². The van der Waals surface area contributed by atoms with E-state index in [1.54, 1.807) is 0 Å². The quantitative estimate of drug-likeness (QED) is 0.851. The summed E-state index contributed by atoms with van der Waals surface area (Å²) in [6, 6.07) is 4.21. The second-order valence-corrected chi connectivity index (χ2v) is 6.66. The van der Waals surface area contributed by atoms with E-state index in [0.29, 0.717) is 13.0 Å². The SMILES string of the molecule is CCOc1ccc2c3c1O[C@H]1C[C@@H](O)C=C[C@@]31CCN(C)C2. The molecule has 118 valence electrons. The molecule has 1 N–H and O–H groups in total. The molecule has 22 heavy (non-hydrogen) atoms. The molecule has 0 saturated heterocycles. The van der Waals surface area contributed by atoms with Crippen LogP contribution in [0.2, 0.25) is 0 Å². The number of ether oxygens (including phenoxy) is 2. The summed E-state index contributed by atoms with van der Waals surface area (Å²) in [5.74, 6) is 1.74. The van der Waals surface area contributed by atoms with Crippen molar-refractivity contribution >= 4 is 0 Å². The normalized spacial score (nSPS) is 32.9. The van der Waals surface area contributed by atoms with Crippen LogP contribution in [-0.4, -0.2) is 42.4 Å². The molecule has 0 aromatic heterocycles. The monoisotopic (exact) mass is 301 g/mol. The number of benzene rings is 1. The second kappa shape index (κ2) is 5.00. The molecule has 0 radical (unpaired) electrons.